The maximum absolute atomic E-state index is 6.09. The number of anilines is 1. The summed E-state index contributed by atoms with van der Waals surface area (Å²) in [5, 5.41) is 2.53. The van der Waals surface area contributed by atoms with Gasteiger partial charge in [-0.05, 0) is 25.3 Å². The average molecular weight is 268 g/mol. The van der Waals surface area contributed by atoms with Gasteiger partial charge in [0.25, 0.3) is 0 Å². The van der Waals surface area contributed by atoms with Crippen LogP contribution in [0.2, 0.25) is 5.15 Å². The van der Waals surface area contributed by atoms with Crippen LogP contribution in [0.4, 0.5) is 5.82 Å². The number of thiophene rings is 1. The summed E-state index contributed by atoms with van der Waals surface area (Å²) in [7, 11) is 0. The number of nitrogens with zero attached hydrogens (tertiary/aromatic N) is 3. The molecule has 0 spiro atoms. The van der Waals surface area contributed by atoms with Gasteiger partial charge in [-0.2, -0.15) is 0 Å². The van der Waals surface area contributed by atoms with Gasteiger partial charge in [-0.15, -0.1) is 11.3 Å². The first-order valence-corrected chi connectivity index (χ1v) is 6.69. The highest BCUT2D eigenvalue weighted by Gasteiger charge is 2.16. The molecule has 0 bridgehead atoms. The van der Waals surface area contributed by atoms with Crippen LogP contribution in [0.3, 0.4) is 0 Å². The Labute approximate surface area is 110 Å². The van der Waals surface area contributed by atoms with E-state index in [1.54, 1.807) is 23.7 Å². The summed E-state index contributed by atoms with van der Waals surface area (Å²) in [5.74, 6) is 0.748. The highest BCUT2D eigenvalue weighted by atomic mass is 35.5. The summed E-state index contributed by atoms with van der Waals surface area (Å²) in [6.07, 6.45) is 3.28. The molecule has 0 aliphatic carbocycles. The minimum absolute atomic E-state index is 0.325. The Hall–Kier alpha value is -1.13. The predicted octanol–water partition coefficient (Wildman–Crippen LogP) is 3.61. The van der Waals surface area contributed by atoms with Gasteiger partial charge in [0.05, 0.1) is 6.54 Å². The van der Waals surface area contributed by atoms with Crippen molar-refractivity contribution >= 4 is 28.8 Å². The van der Waals surface area contributed by atoms with Gasteiger partial charge >= 0.3 is 0 Å². The van der Waals surface area contributed by atoms with Crippen molar-refractivity contribution < 1.29 is 0 Å². The number of halogens is 1. The molecule has 3 nitrogen and oxygen atoms in total. The summed E-state index contributed by atoms with van der Waals surface area (Å²) in [6.45, 7) is 5.06. The van der Waals surface area contributed by atoms with Crippen molar-refractivity contribution in [1.82, 2.24) is 9.97 Å². The van der Waals surface area contributed by atoms with E-state index in [2.05, 4.69) is 46.2 Å². The number of hydrogen-bond donors (Lipinski definition) is 0. The monoisotopic (exact) mass is 267 g/mol. The molecule has 0 unspecified atom stereocenters. The summed E-state index contributed by atoms with van der Waals surface area (Å²) < 4.78 is 0. The van der Waals surface area contributed by atoms with Crippen LogP contribution >= 0.6 is 22.9 Å². The standard InChI is InChI=1S/C12H14ClN3S/c1-9(2)16(8-10-4-3-7-17-10)12-11(13)14-5-6-15-12/h3-7,9H,8H2,1-2H3. The van der Waals surface area contributed by atoms with Crippen LogP contribution in [-0.2, 0) is 6.54 Å². The average Bonchev–Trinajstić information content (AvgIpc) is 2.79. The van der Waals surface area contributed by atoms with E-state index in [0.29, 0.717) is 11.2 Å². The van der Waals surface area contributed by atoms with Crippen LogP contribution in [0.25, 0.3) is 0 Å². The zero-order chi connectivity index (χ0) is 12.3. The summed E-state index contributed by atoms with van der Waals surface area (Å²) in [4.78, 5) is 11.8. The van der Waals surface area contributed by atoms with Crippen molar-refractivity contribution in [3.8, 4) is 0 Å². The molecule has 2 rings (SSSR count). The molecule has 2 aromatic rings. The fourth-order valence-electron chi connectivity index (χ4n) is 1.58. The second kappa shape index (κ2) is 5.47. The largest absolute Gasteiger partial charge is 0.346 e. The highest BCUT2D eigenvalue weighted by molar-refractivity contribution is 7.09. The van der Waals surface area contributed by atoms with Gasteiger partial charge in [0.15, 0.2) is 11.0 Å². The van der Waals surface area contributed by atoms with Gasteiger partial charge < -0.3 is 4.90 Å². The van der Waals surface area contributed by atoms with E-state index >= 15 is 0 Å². The summed E-state index contributed by atoms with van der Waals surface area (Å²) in [6, 6.07) is 4.49. The van der Waals surface area contributed by atoms with Gasteiger partial charge in [-0.3, -0.25) is 0 Å². The molecule has 0 fully saturated rings. The molecular formula is C12H14ClN3S. The van der Waals surface area contributed by atoms with Gasteiger partial charge in [-0.1, -0.05) is 17.7 Å². The van der Waals surface area contributed by atoms with E-state index in [4.69, 9.17) is 11.6 Å². The molecule has 0 atom stereocenters. The molecule has 2 heterocycles. The van der Waals surface area contributed by atoms with Gasteiger partial charge in [0, 0.05) is 23.3 Å². The van der Waals surface area contributed by atoms with Crippen molar-refractivity contribution in [2.75, 3.05) is 4.90 Å². The van der Waals surface area contributed by atoms with Crippen molar-refractivity contribution in [2.24, 2.45) is 0 Å². The van der Waals surface area contributed by atoms with E-state index in [-0.39, 0.29) is 0 Å². The third-order valence-electron chi connectivity index (χ3n) is 2.44. The Balaban J connectivity index is 2.27. The summed E-state index contributed by atoms with van der Waals surface area (Å²) >= 11 is 7.83. The molecule has 0 saturated heterocycles. The zero-order valence-corrected chi connectivity index (χ0v) is 11.4. The van der Waals surface area contributed by atoms with Crippen LogP contribution in [0.15, 0.2) is 29.9 Å². The first kappa shape index (κ1) is 12.3. The van der Waals surface area contributed by atoms with Crippen LogP contribution in [-0.4, -0.2) is 16.0 Å². The molecule has 0 aliphatic rings. The molecule has 0 aromatic carbocycles. The van der Waals surface area contributed by atoms with Crippen molar-refractivity contribution in [3.63, 3.8) is 0 Å². The Morgan fingerprint density at radius 3 is 2.71 bits per heavy atom. The first-order valence-electron chi connectivity index (χ1n) is 5.44. The Morgan fingerprint density at radius 2 is 2.12 bits per heavy atom. The molecule has 5 heteroatoms. The number of aromatic nitrogens is 2. The molecule has 17 heavy (non-hydrogen) atoms. The second-order valence-electron chi connectivity index (χ2n) is 3.97. The Kier molecular flexibility index (Phi) is 3.97. The van der Waals surface area contributed by atoms with Crippen LogP contribution in [0, 0.1) is 0 Å². The third-order valence-corrected chi connectivity index (χ3v) is 3.57. The Morgan fingerprint density at radius 1 is 1.35 bits per heavy atom. The van der Waals surface area contributed by atoms with Crippen molar-refractivity contribution in [2.45, 2.75) is 26.4 Å². The number of hydrogen-bond acceptors (Lipinski definition) is 4. The van der Waals surface area contributed by atoms with E-state index in [9.17, 15) is 0 Å². The quantitative estimate of drug-likeness (QED) is 0.847. The fraction of sp³-hybridized carbons (Fsp3) is 0.333. The third kappa shape index (κ3) is 2.96. The molecule has 0 N–H and O–H groups in total. The van der Waals surface area contributed by atoms with Gasteiger partial charge in [0.2, 0.25) is 0 Å². The lowest BCUT2D eigenvalue weighted by Crippen LogP contribution is -2.31. The van der Waals surface area contributed by atoms with Crippen LogP contribution in [0.5, 0.6) is 0 Å². The highest BCUT2D eigenvalue weighted by Crippen LogP contribution is 2.25. The topological polar surface area (TPSA) is 29.0 Å². The SMILES string of the molecule is CC(C)N(Cc1cccs1)c1nccnc1Cl. The number of rotatable bonds is 4. The molecule has 0 amide bonds. The normalized spacial score (nSPS) is 10.8. The first-order chi connectivity index (χ1) is 8.18. The zero-order valence-electron chi connectivity index (χ0n) is 9.80. The van der Waals surface area contributed by atoms with E-state index in [0.717, 1.165) is 12.4 Å². The molecule has 90 valence electrons. The fourth-order valence-corrected chi connectivity index (χ4v) is 2.50. The van der Waals surface area contributed by atoms with Crippen molar-refractivity contribution in [3.05, 3.63) is 39.9 Å². The second-order valence-corrected chi connectivity index (χ2v) is 5.36. The predicted molar refractivity (Wildman–Crippen MR) is 72.7 cm³/mol. The van der Waals surface area contributed by atoms with Gasteiger partial charge in [-0.25, -0.2) is 9.97 Å². The van der Waals surface area contributed by atoms with E-state index in [1.807, 2.05) is 0 Å². The van der Waals surface area contributed by atoms with Crippen LogP contribution < -0.4 is 4.90 Å². The maximum atomic E-state index is 6.09. The van der Waals surface area contributed by atoms with E-state index < -0.39 is 0 Å². The molecule has 0 saturated carbocycles. The molecule has 2 aromatic heterocycles. The van der Waals surface area contributed by atoms with Crippen LogP contribution in [0.1, 0.15) is 18.7 Å². The lowest BCUT2D eigenvalue weighted by atomic mass is 10.3. The lowest BCUT2D eigenvalue weighted by Gasteiger charge is -2.27. The smallest absolute Gasteiger partial charge is 0.171 e. The summed E-state index contributed by atoms with van der Waals surface area (Å²) in [5.41, 5.74) is 0. The minimum atomic E-state index is 0.325. The Bertz CT molecular complexity index is 470. The lowest BCUT2D eigenvalue weighted by molar-refractivity contribution is 0.675. The van der Waals surface area contributed by atoms with E-state index in [1.165, 1.54) is 4.88 Å². The van der Waals surface area contributed by atoms with Crippen molar-refractivity contribution in [1.29, 1.82) is 0 Å². The molecule has 0 radical (unpaired) electrons. The molecular weight excluding hydrogens is 254 g/mol. The minimum Gasteiger partial charge on any atom is -0.346 e. The maximum Gasteiger partial charge on any atom is 0.171 e. The molecule has 0 aliphatic heterocycles. The van der Waals surface area contributed by atoms with Gasteiger partial charge in [0.1, 0.15) is 0 Å².